The van der Waals surface area contributed by atoms with Crippen LogP contribution in [0.4, 0.5) is 0 Å². The molecule has 0 spiro atoms. The summed E-state index contributed by atoms with van der Waals surface area (Å²) in [5.41, 5.74) is 3.94. The van der Waals surface area contributed by atoms with Gasteiger partial charge in [0.25, 0.3) is 5.91 Å². The van der Waals surface area contributed by atoms with Crippen LogP contribution < -0.4 is 4.74 Å². The van der Waals surface area contributed by atoms with Crippen molar-refractivity contribution in [3.63, 3.8) is 0 Å². The van der Waals surface area contributed by atoms with Gasteiger partial charge in [0.05, 0.1) is 18.1 Å². The van der Waals surface area contributed by atoms with Crippen molar-refractivity contribution in [2.75, 3.05) is 39.8 Å². The molecule has 1 aliphatic rings. The van der Waals surface area contributed by atoms with Gasteiger partial charge in [-0.25, -0.2) is 4.98 Å². The van der Waals surface area contributed by atoms with Crippen molar-refractivity contribution in [3.8, 4) is 5.75 Å². The minimum atomic E-state index is 0.115. The largest absolute Gasteiger partial charge is 0.497 e. The quantitative estimate of drug-likeness (QED) is 0.284. The van der Waals surface area contributed by atoms with Crippen molar-refractivity contribution < 1.29 is 9.53 Å². The van der Waals surface area contributed by atoms with E-state index in [9.17, 15) is 4.79 Å². The van der Waals surface area contributed by atoms with Gasteiger partial charge in [0.2, 0.25) is 0 Å². The molecule has 0 saturated carbocycles. The van der Waals surface area contributed by atoms with Gasteiger partial charge in [-0.1, -0.05) is 46.2 Å². The Bertz CT molecular complexity index is 1180. The number of amides is 1. The summed E-state index contributed by atoms with van der Waals surface area (Å²) < 4.78 is 7.81. The number of rotatable bonds is 12. The zero-order valence-corrected chi connectivity index (χ0v) is 24.1. The van der Waals surface area contributed by atoms with Crippen LogP contribution in [0.5, 0.6) is 5.75 Å². The number of likely N-dealkylation sites (tertiary alicyclic amines) is 1. The number of methoxy groups -OCH3 is 1. The summed E-state index contributed by atoms with van der Waals surface area (Å²) in [6.45, 7) is 14.6. The molecule has 0 N–H and O–H groups in total. The molecule has 2 heterocycles. The second-order valence-electron chi connectivity index (χ2n) is 11.7. The highest BCUT2D eigenvalue weighted by atomic mass is 16.5. The third kappa shape index (κ3) is 7.37. The zero-order chi connectivity index (χ0) is 27.1. The third-order valence-electron chi connectivity index (χ3n) is 7.33. The highest BCUT2D eigenvalue weighted by Gasteiger charge is 2.20. The number of fused-ring (bicyclic) bond motifs is 1. The van der Waals surface area contributed by atoms with E-state index in [1.54, 1.807) is 7.11 Å². The van der Waals surface area contributed by atoms with Crippen LogP contribution in [0.1, 0.15) is 75.1 Å². The van der Waals surface area contributed by atoms with E-state index >= 15 is 0 Å². The number of hydrogen-bond acceptors (Lipinski definition) is 4. The number of benzene rings is 2. The molecule has 0 atom stereocenters. The van der Waals surface area contributed by atoms with E-state index in [-0.39, 0.29) is 5.91 Å². The van der Waals surface area contributed by atoms with Gasteiger partial charge < -0.3 is 19.1 Å². The molecule has 4 rings (SSSR count). The van der Waals surface area contributed by atoms with Crippen LogP contribution in [-0.4, -0.2) is 65.1 Å². The second kappa shape index (κ2) is 13.3. The Morgan fingerprint density at radius 2 is 1.71 bits per heavy atom. The predicted molar refractivity (Wildman–Crippen MR) is 156 cm³/mol. The van der Waals surface area contributed by atoms with Crippen LogP contribution in [0.15, 0.2) is 42.5 Å². The van der Waals surface area contributed by atoms with Crippen LogP contribution >= 0.6 is 0 Å². The maximum atomic E-state index is 13.6. The van der Waals surface area contributed by atoms with Crippen molar-refractivity contribution >= 4 is 16.9 Å². The lowest BCUT2D eigenvalue weighted by atomic mass is 10.1. The molecule has 0 bridgehead atoms. The molecule has 2 aromatic carbocycles. The first-order valence-corrected chi connectivity index (χ1v) is 14.5. The van der Waals surface area contributed by atoms with Gasteiger partial charge in [0.1, 0.15) is 11.6 Å². The Morgan fingerprint density at radius 1 is 0.974 bits per heavy atom. The Balaban J connectivity index is 1.64. The van der Waals surface area contributed by atoms with Crippen molar-refractivity contribution in [2.24, 2.45) is 11.8 Å². The predicted octanol–water partition coefficient (Wildman–Crippen LogP) is 6.27. The lowest BCUT2D eigenvalue weighted by molar-refractivity contribution is 0.0715. The molecule has 206 valence electrons. The molecule has 6 nitrogen and oxygen atoms in total. The average Bonchev–Trinajstić information content (AvgIpc) is 3.24. The van der Waals surface area contributed by atoms with E-state index < -0.39 is 0 Å². The molecule has 0 radical (unpaired) electrons. The number of carbonyl (C=O) groups is 1. The Morgan fingerprint density at radius 3 is 2.39 bits per heavy atom. The molecule has 38 heavy (non-hydrogen) atoms. The molecule has 1 fully saturated rings. The summed E-state index contributed by atoms with van der Waals surface area (Å²) in [5.74, 6) is 2.87. The summed E-state index contributed by atoms with van der Waals surface area (Å²) in [5, 5.41) is 0. The SMILES string of the molecule is COc1cccc(Cc2nc3ccc(C(=O)N(CC(C)C)CC(C)C)cc3n2CCCN2CCCCC2)c1. The van der Waals surface area contributed by atoms with E-state index in [1.165, 1.54) is 37.9 Å². The van der Waals surface area contributed by atoms with Crippen LogP contribution in [0, 0.1) is 11.8 Å². The normalized spacial score (nSPS) is 14.5. The van der Waals surface area contributed by atoms with E-state index in [1.807, 2.05) is 29.2 Å². The van der Waals surface area contributed by atoms with Crippen molar-refractivity contribution in [1.29, 1.82) is 0 Å². The lowest BCUT2D eigenvalue weighted by Gasteiger charge is -2.27. The summed E-state index contributed by atoms with van der Waals surface area (Å²) in [6, 6.07) is 14.3. The monoisotopic (exact) mass is 518 g/mol. The number of ether oxygens (including phenoxy) is 1. The van der Waals surface area contributed by atoms with E-state index in [2.05, 4.69) is 55.4 Å². The molecule has 0 unspecified atom stereocenters. The topological polar surface area (TPSA) is 50.6 Å². The maximum Gasteiger partial charge on any atom is 0.253 e. The molecule has 1 amide bonds. The standard InChI is InChI=1S/C32H46N4O2/c1-24(2)22-35(23-25(3)4)32(37)27-13-14-29-30(21-27)36(18-10-17-34-15-7-6-8-16-34)31(33-29)20-26-11-9-12-28(19-26)38-5/h9,11-14,19,21,24-25H,6-8,10,15-18,20,22-23H2,1-5H3. The van der Waals surface area contributed by atoms with E-state index in [0.717, 1.165) is 67.2 Å². The Hall–Kier alpha value is -2.86. The van der Waals surface area contributed by atoms with Crippen LogP contribution in [0.3, 0.4) is 0 Å². The van der Waals surface area contributed by atoms with Crippen LogP contribution in [-0.2, 0) is 13.0 Å². The molecular weight excluding hydrogens is 472 g/mol. The molecular formula is C32H46N4O2. The van der Waals surface area contributed by atoms with Crippen molar-refractivity contribution in [1.82, 2.24) is 19.4 Å². The van der Waals surface area contributed by atoms with Gasteiger partial charge in [-0.2, -0.15) is 0 Å². The molecule has 0 aliphatic carbocycles. The average molecular weight is 519 g/mol. The number of aromatic nitrogens is 2. The van der Waals surface area contributed by atoms with Crippen molar-refractivity contribution in [3.05, 3.63) is 59.4 Å². The number of hydrogen-bond donors (Lipinski definition) is 0. The number of piperidine rings is 1. The first-order valence-electron chi connectivity index (χ1n) is 14.5. The summed E-state index contributed by atoms with van der Waals surface area (Å²) in [6.07, 6.45) is 5.77. The first-order chi connectivity index (χ1) is 18.3. The van der Waals surface area contributed by atoms with E-state index in [0.29, 0.717) is 11.8 Å². The highest BCUT2D eigenvalue weighted by molar-refractivity contribution is 5.97. The molecule has 1 saturated heterocycles. The molecule has 6 heteroatoms. The fourth-order valence-corrected chi connectivity index (χ4v) is 5.60. The highest BCUT2D eigenvalue weighted by Crippen LogP contribution is 2.24. The van der Waals surface area contributed by atoms with Gasteiger partial charge in [0, 0.05) is 31.6 Å². The number of aryl methyl sites for hydroxylation is 1. The van der Waals surface area contributed by atoms with Gasteiger partial charge in [-0.15, -0.1) is 0 Å². The first kappa shape index (κ1) is 28.2. The maximum absolute atomic E-state index is 13.6. The molecule has 1 aliphatic heterocycles. The molecule has 1 aromatic heterocycles. The van der Waals surface area contributed by atoms with Crippen molar-refractivity contribution in [2.45, 2.75) is 66.3 Å². The number of imidazole rings is 1. The van der Waals surface area contributed by atoms with Crippen LogP contribution in [0.25, 0.3) is 11.0 Å². The lowest BCUT2D eigenvalue weighted by Crippen LogP contribution is -2.37. The second-order valence-corrected chi connectivity index (χ2v) is 11.7. The van der Waals surface area contributed by atoms with Gasteiger partial charge >= 0.3 is 0 Å². The van der Waals surface area contributed by atoms with Gasteiger partial charge in [0.15, 0.2) is 0 Å². The number of carbonyl (C=O) groups excluding carboxylic acids is 1. The Kier molecular flexibility index (Phi) is 9.84. The fraction of sp³-hybridized carbons (Fsp3) is 0.562. The fourth-order valence-electron chi connectivity index (χ4n) is 5.60. The Labute approximate surface area is 229 Å². The minimum Gasteiger partial charge on any atom is -0.497 e. The van der Waals surface area contributed by atoms with Gasteiger partial charge in [-0.05, 0) is 86.6 Å². The number of nitrogens with zero attached hydrogens (tertiary/aromatic N) is 4. The minimum absolute atomic E-state index is 0.115. The van der Waals surface area contributed by atoms with Gasteiger partial charge in [-0.3, -0.25) is 4.79 Å². The third-order valence-corrected chi connectivity index (χ3v) is 7.33. The zero-order valence-electron chi connectivity index (χ0n) is 24.1. The van der Waals surface area contributed by atoms with Crippen LogP contribution in [0.2, 0.25) is 0 Å². The summed E-state index contributed by atoms with van der Waals surface area (Å²) >= 11 is 0. The van der Waals surface area contributed by atoms with E-state index in [4.69, 9.17) is 9.72 Å². The molecule has 3 aromatic rings. The smallest absolute Gasteiger partial charge is 0.253 e. The summed E-state index contributed by atoms with van der Waals surface area (Å²) in [4.78, 5) is 23.3. The summed E-state index contributed by atoms with van der Waals surface area (Å²) in [7, 11) is 1.70.